The summed E-state index contributed by atoms with van der Waals surface area (Å²) in [5.74, 6) is 2.40. The molecule has 0 atom stereocenters. The standard InChI is InChI=1S/C15H22N6O/c1-9-17-10(2)21(20-9)6-5-12-18-11-7-15(3,4)8-16-14(22)13(11)19-12/h5-8H2,1-4H3,(H,16,22)(H,18,19). The van der Waals surface area contributed by atoms with Crippen molar-refractivity contribution in [2.75, 3.05) is 6.54 Å². The summed E-state index contributed by atoms with van der Waals surface area (Å²) in [6.45, 7) is 9.47. The predicted molar refractivity (Wildman–Crippen MR) is 81.6 cm³/mol. The van der Waals surface area contributed by atoms with Crippen molar-refractivity contribution in [3.05, 3.63) is 28.9 Å². The van der Waals surface area contributed by atoms with Gasteiger partial charge in [-0.1, -0.05) is 13.8 Å². The minimum atomic E-state index is -0.0872. The van der Waals surface area contributed by atoms with Crippen LogP contribution in [0.5, 0.6) is 0 Å². The zero-order valence-corrected chi connectivity index (χ0v) is 13.5. The molecule has 1 aliphatic rings. The van der Waals surface area contributed by atoms with Crippen molar-refractivity contribution in [2.45, 2.75) is 47.1 Å². The lowest BCUT2D eigenvalue weighted by Gasteiger charge is -2.21. The number of aromatic nitrogens is 5. The number of rotatable bonds is 3. The summed E-state index contributed by atoms with van der Waals surface area (Å²) < 4.78 is 1.87. The van der Waals surface area contributed by atoms with Crippen LogP contribution in [0.3, 0.4) is 0 Å². The third-order valence-electron chi connectivity index (χ3n) is 3.95. The van der Waals surface area contributed by atoms with Gasteiger partial charge in [0.05, 0.1) is 6.54 Å². The monoisotopic (exact) mass is 302 g/mol. The van der Waals surface area contributed by atoms with Crippen molar-refractivity contribution in [1.29, 1.82) is 0 Å². The van der Waals surface area contributed by atoms with Gasteiger partial charge in [-0.15, -0.1) is 0 Å². The van der Waals surface area contributed by atoms with Crippen LogP contribution in [0, 0.1) is 19.3 Å². The highest BCUT2D eigenvalue weighted by atomic mass is 16.1. The minimum Gasteiger partial charge on any atom is -0.350 e. The summed E-state index contributed by atoms with van der Waals surface area (Å²) >= 11 is 0. The fourth-order valence-electron chi connectivity index (χ4n) is 2.83. The molecule has 0 fully saturated rings. The highest BCUT2D eigenvalue weighted by molar-refractivity contribution is 5.93. The van der Waals surface area contributed by atoms with E-state index in [-0.39, 0.29) is 11.3 Å². The number of fused-ring (bicyclic) bond motifs is 1. The molecule has 3 heterocycles. The number of amides is 1. The number of aryl methyl sites for hydroxylation is 4. The molecule has 2 aromatic heterocycles. The molecular formula is C15H22N6O. The third-order valence-corrected chi connectivity index (χ3v) is 3.95. The Morgan fingerprint density at radius 1 is 1.27 bits per heavy atom. The van der Waals surface area contributed by atoms with Crippen molar-refractivity contribution < 1.29 is 4.79 Å². The Kier molecular flexibility index (Phi) is 3.50. The maximum absolute atomic E-state index is 12.1. The normalized spacial score (nSPS) is 17.0. The van der Waals surface area contributed by atoms with Gasteiger partial charge < -0.3 is 10.3 Å². The molecule has 0 aliphatic carbocycles. The van der Waals surface area contributed by atoms with Gasteiger partial charge in [-0.25, -0.2) is 14.6 Å². The van der Waals surface area contributed by atoms with Crippen LogP contribution in [0.4, 0.5) is 0 Å². The molecule has 0 unspecified atom stereocenters. The highest BCUT2D eigenvalue weighted by Gasteiger charge is 2.29. The summed E-state index contributed by atoms with van der Waals surface area (Å²) in [5, 5.41) is 7.29. The zero-order valence-electron chi connectivity index (χ0n) is 13.5. The molecule has 3 rings (SSSR count). The first-order valence-corrected chi connectivity index (χ1v) is 7.58. The number of carbonyl (C=O) groups excluding carboxylic acids is 1. The fourth-order valence-corrected chi connectivity index (χ4v) is 2.83. The smallest absolute Gasteiger partial charge is 0.271 e. The van der Waals surface area contributed by atoms with Crippen molar-refractivity contribution in [3.8, 4) is 0 Å². The van der Waals surface area contributed by atoms with E-state index in [1.54, 1.807) is 0 Å². The number of hydrogen-bond donors (Lipinski definition) is 2. The largest absolute Gasteiger partial charge is 0.350 e. The van der Waals surface area contributed by atoms with E-state index >= 15 is 0 Å². The molecule has 22 heavy (non-hydrogen) atoms. The molecule has 0 radical (unpaired) electrons. The van der Waals surface area contributed by atoms with Crippen LogP contribution in [-0.2, 0) is 19.4 Å². The van der Waals surface area contributed by atoms with E-state index in [4.69, 9.17) is 0 Å². The van der Waals surface area contributed by atoms with E-state index in [1.165, 1.54) is 0 Å². The van der Waals surface area contributed by atoms with Crippen LogP contribution in [0.25, 0.3) is 0 Å². The maximum Gasteiger partial charge on any atom is 0.271 e. The zero-order chi connectivity index (χ0) is 15.9. The number of imidazole rings is 1. The summed E-state index contributed by atoms with van der Waals surface area (Å²) in [7, 11) is 0. The second-order valence-electron chi connectivity index (χ2n) is 6.71. The first-order valence-electron chi connectivity index (χ1n) is 7.58. The lowest BCUT2D eigenvalue weighted by atomic mass is 9.88. The van der Waals surface area contributed by atoms with Gasteiger partial charge in [-0.3, -0.25) is 4.79 Å². The number of aromatic amines is 1. The van der Waals surface area contributed by atoms with E-state index in [1.807, 2.05) is 18.5 Å². The van der Waals surface area contributed by atoms with Gasteiger partial charge >= 0.3 is 0 Å². The van der Waals surface area contributed by atoms with Crippen molar-refractivity contribution in [2.24, 2.45) is 5.41 Å². The molecule has 7 heteroatoms. The Balaban J connectivity index is 1.78. The van der Waals surface area contributed by atoms with E-state index in [9.17, 15) is 4.79 Å². The molecule has 0 saturated heterocycles. The minimum absolute atomic E-state index is 0.0321. The van der Waals surface area contributed by atoms with Crippen LogP contribution in [0.1, 0.15) is 47.5 Å². The average Bonchev–Trinajstić information content (AvgIpc) is 2.93. The Labute approximate surface area is 129 Å². The first kappa shape index (κ1) is 14.7. The summed E-state index contributed by atoms with van der Waals surface area (Å²) in [6.07, 6.45) is 1.51. The van der Waals surface area contributed by atoms with Crippen molar-refractivity contribution in [1.82, 2.24) is 30.0 Å². The van der Waals surface area contributed by atoms with Crippen LogP contribution in [0.2, 0.25) is 0 Å². The Hall–Kier alpha value is -2.18. The van der Waals surface area contributed by atoms with E-state index < -0.39 is 0 Å². The van der Waals surface area contributed by atoms with Gasteiger partial charge in [0.2, 0.25) is 0 Å². The van der Waals surface area contributed by atoms with E-state index in [0.717, 1.165) is 29.6 Å². The van der Waals surface area contributed by atoms with Gasteiger partial charge in [0.25, 0.3) is 5.91 Å². The van der Waals surface area contributed by atoms with E-state index in [0.29, 0.717) is 25.2 Å². The van der Waals surface area contributed by atoms with Gasteiger partial charge in [-0.05, 0) is 25.7 Å². The lowest BCUT2D eigenvalue weighted by molar-refractivity contribution is 0.0940. The van der Waals surface area contributed by atoms with Gasteiger partial charge in [-0.2, -0.15) is 5.10 Å². The van der Waals surface area contributed by atoms with Crippen LogP contribution in [0.15, 0.2) is 0 Å². The predicted octanol–water partition coefficient (Wildman–Crippen LogP) is 1.17. The summed E-state index contributed by atoms with van der Waals surface area (Å²) in [4.78, 5) is 24.2. The van der Waals surface area contributed by atoms with Gasteiger partial charge in [0.15, 0.2) is 0 Å². The molecule has 0 spiro atoms. The molecular weight excluding hydrogens is 280 g/mol. The molecule has 7 nitrogen and oxygen atoms in total. The van der Waals surface area contributed by atoms with Crippen LogP contribution < -0.4 is 5.32 Å². The number of nitrogens with one attached hydrogen (secondary N) is 2. The molecule has 118 valence electrons. The van der Waals surface area contributed by atoms with Gasteiger partial charge in [0.1, 0.15) is 23.2 Å². The highest BCUT2D eigenvalue weighted by Crippen LogP contribution is 2.25. The molecule has 0 bridgehead atoms. The molecule has 2 N–H and O–H groups in total. The molecule has 0 aromatic carbocycles. The maximum atomic E-state index is 12.1. The van der Waals surface area contributed by atoms with Crippen LogP contribution >= 0.6 is 0 Å². The lowest BCUT2D eigenvalue weighted by Crippen LogP contribution is -2.32. The SMILES string of the molecule is Cc1nc(C)n(CCc2nc3c([nH]2)CC(C)(C)CNC3=O)n1. The number of H-pyrrole nitrogens is 1. The molecule has 1 amide bonds. The second-order valence-corrected chi connectivity index (χ2v) is 6.71. The number of hydrogen-bond acceptors (Lipinski definition) is 4. The van der Waals surface area contributed by atoms with E-state index in [2.05, 4.69) is 39.2 Å². The second kappa shape index (κ2) is 5.23. The average molecular weight is 302 g/mol. The van der Waals surface area contributed by atoms with Gasteiger partial charge in [0, 0.05) is 18.7 Å². The Bertz CT molecular complexity index is 712. The fraction of sp³-hybridized carbons (Fsp3) is 0.600. The number of nitrogens with zero attached hydrogens (tertiary/aromatic N) is 4. The third kappa shape index (κ3) is 2.88. The topological polar surface area (TPSA) is 88.5 Å². The Morgan fingerprint density at radius 2 is 2.05 bits per heavy atom. The Morgan fingerprint density at radius 3 is 2.73 bits per heavy atom. The molecule has 1 aliphatic heterocycles. The quantitative estimate of drug-likeness (QED) is 0.891. The van der Waals surface area contributed by atoms with Crippen molar-refractivity contribution >= 4 is 5.91 Å². The molecule has 0 saturated carbocycles. The number of carbonyl (C=O) groups is 1. The van der Waals surface area contributed by atoms with Crippen molar-refractivity contribution in [3.63, 3.8) is 0 Å². The molecule has 2 aromatic rings. The first-order chi connectivity index (χ1) is 10.3. The summed E-state index contributed by atoms with van der Waals surface area (Å²) in [5.41, 5.74) is 1.50. The van der Waals surface area contributed by atoms with Crippen LogP contribution in [-0.4, -0.2) is 37.2 Å². The summed E-state index contributed by atoms with van der Waals surface area (Å²) in [6, 6.07) is 0.